The van der Waals surface area contributed by atoms with E-state index < -0.39 is 60.4 Å². The first-order valence-corrected chi connectivity index (χ1v) is 11.2. The van der Waals surface area contributed by atoms with Crippen LogP contribution < -0.4 is 21.7 Å². The van der Waals surface area contributed by atoms with E-state index >= 15 is 0 Å². The second-order valence-corrected chi connectivity index (χ2v) is 8.56. The van der Waals surface area contributed by atoms with Gasteiger partial charge in [0, 0.05) is 12.8 Å². The molecule has 12 nitrogen and oxygen atoms in total. The lowest BCUT2D eigenvalue weighted by Crippen LogP contribution is -2.58. The number of hydrogen-bond donors (Lipinski definition) is 7. The van der Waals surface area contributed by atoms with Crippen molar-refractivity contribution < 1.29 is 39.3 Å². The molecule has 1 aromatic rings. The first-order valence-electron chi connectivity index (χ1n) is 11.2. The molecule has 3 amide bonds. The number of carboxylic acid groups (broad SMARTS) is 2. The largest absolute Gasteiger partial charge is 0.481 e. The van der Waals surface area contributed by atoms with Crippen molar-refractivity contribution in [3.63, 3.8) is 0 Å². The third kappa shape index (κ3) is 11.0. The lowest BCUT2D eigenvalue weighted by Gasteiger charge is -2.25. The summed E-state index contributed by atoms with van der Waals surface area (Å²) in [5, 5.41) is 35.0. The summed E-state index contributed by atoms with van der Waals surface area (Å²) >= 11 is 0. The zero-order valence-corrected chi connectivity index (χ0v) is 19.8. The molecule has 0 aliphatic carbocycles. The van der Waals surface area contributed by atoms with E-state index in [1.54, 1.807) is 44.2 Å². The van der Waals surface area contributed by atoms with Crippen LogP contribution in [0.5, 0.6) is 0 Å². The molecule has 0 saturated heterocycles. The SMILES string of the molecule is CC(C)CC(NC(=O)C(N)CCC(=O)O)C(=O)NC(CO)C(=O)NC(Cc1ccccc1)C(=O)O. The van der Waals surface area contributed by atoms with Gasteiger partial charge in [0.1, 0.15) is 18.1 Å². The van der Waals surface area contributed by atoms with Crippen LogP contribution in [-0.4, -0.2) is 75.8 Å². The van der Waals surface area contributed by atoms with Gasteiger partial charge in [-0.15, -0.1) is 0 Å². The molecular weight excluding hydrogens is 460 g/mol. The highest BCUT2D eigenvalue weighted by Crippen LogP contribution is 2.08. The molecule has 0 saturated carbocycles. The van der Waals surface area contributed by atoms with Crippen LogP contribution >= 0.6 is 0 Å². The van der Waals surface area contributed by atoms with Crippen molar-refractivity contribution in [2.75, 3.05) is 6.61 Å². The van der Waals surface area contributed by atoms with E-state index in [4.69, 9.17) is 10.8 Å². The quantitative estimate of drug-likeness (QED) is 0.159. The number of nitrogens with two attached hydrogens (primary N) is 1. The van der Waals surface area contributed by atoms with Crippen LogP contribution in [0, 0.1) is 5.92 Å². The molecule has 0 heterocycles. The van der Waals surface area contributed by atoms with Crippen LogP contribution in [0.2, 0.25) is 0 Å². The lowest BCUT2D eigenvalue weighted by atomic mass is 10.0. The summed E-state index contributed by atoms with van der Waals surface area (Å²) in [6.45, 7) is 2.79. The van der Waals surface area contributed by atoms with E-state index in [1.807, 2.05) is 0 Å². The summed E-state index contributed by atoms with van der Waals surface area (Å²) in [6.07, 6.45) is -0.282. The number of nitrogens with one attached hydrogen (secondary N) is 3. The molecule has 12 heteroatoms. The fourth-order valence-corrected chi connectivity index (χ4v) is 3.18. The standard InChI is InChI=1S/C23H34N4O8/c1-13(2)10-16(25-20(31)15(24)8-9-19(29)30)21(32)27-18(12-28)22(33)26-17(23(34)35)11-14-6-4-3-5-7-14/h3-7,13,15-18,28H,8-12,24H2,1-2H3,(H,25,31)(H,26,33)(H,27,32)(H,29,30)(H,34,35). The molecule has 0 spiro atoms. The van der Waals surface area contributed by atoms with Gasteiger partial charge in [-0.05, 0) is 24.3 Å². The summed E-state index contributed by atoms with van der Waals surface area (Å²) in [4.78, 5) is 60.1. The van der Waals surface area contributed by atoms with Gasteiger partial charge in [-0.3, -0.25) is 19.2 Å². The Kier molecular flexibility index (Phi) is 12.4. The zero-order chi connectivity index (χ0) is 26.5. The number of aliphatic hydroxyl groups excluding tert-OH is 1. The molecule has 1 aromatic carbocycles. The number of amides is 3. The van der Waals surface area contributed by atoms with E-state index in [9.17, 15) is 34.2 Å². The fraction of sp³-hybridized carbons (Fsp3) is 0.522. The molecule has 194 valence electrons. The van der Waals surface area contributed by atoms with Gasteiger partial charge >= 0.3 is 11.9 Å². The maximum Gasteiger partial charge on any atom is 0.326 e. The molecule has 1 rings (SSSR count). The Morgan fingerprint density at radius 2 is 1.40 bits per heavy atom. The van der Waals surface area contributed by atoms with Gasteiger partial charge in [-0.2, -0.15) is 0 Å². The third-order valence-corrected chi connectivity index (χ3v) is 5.06. The van der Waals surface area contributed by atoms with Crippen LogP contribution in [0.25, 0.3) is 0 Å². The van der Waals surface area contributed by atoms with Crippen LogP contribution in [0.1, 0.15) is 38.7 Å². The predicted molar refractivity (Wildman–Crippen MR) is 125 cm³/mol. The molecular formula is C23H34N4O8. The highest BCUT2D eigenvalue weighted by Gasteiger charge is 2.30. The van der Waals surface area contributed by atoms with Gasteiger partial charge in [-0.1, -0.05) is 44.2 Å². The van der Waals surface area contributed by atoms with Crippen molar-refractivity contribution in [2.24, 2.45) is 11.7 Å². The van der Waals surface area contributed by atoms with Crippen LogP contribution in [0.15, 0.2) is 30.3 Å². The Balaban J connectivity index is 2.85. The molecule has 0 bridgehead atoms. The molecule has 8 N–H and O–H groups in total. The number of aliphatic carboxylic acids is 2. The molecule has 0 fully saturated rings. The van der Waals surface area contributed by atoms with Gasteiger partial charge in [0.25, 0.3) is 0 Å². The topological polar surface area (TPSA) is 208 Å². The number of aliphatic hydroxyl groups is 1. The number of carboxylic acids is 2. The maximum atomic E-state index is 12.8. The number of benzene rings is 1. The van der Waals surface area contributed by atoms with E-state index in [0.717, 1.165) is 0 Å². The minimum absolute atomic E-state index is 0.00568. The zero-order valence-electron chi connectivity index (χ0n) is 19.8. The first kappa shape index (κ1) is 29.5. The molecule has 0 aliphatic rings. The van der Waals surface area contributed by atoms with Gasteiger partial charge in [0.05, 0.1) is 12.6 Å². The van der Waals surface area contributed by atoms with Crippen LogP contribution in [0.4, 0.5) is 0 Å². The van der Waals surface area contributed by atoms with E-state index in [0.29, 0.717) is 5.56 Å². The Labute approximate surface area is 203 Å². The highest BCUT2D eigenvalue weighted by atomic mass is 16.4. The average Bonchev–Trinajstić information content (AvgIpc) is 2.79. The fourth-order valence-electron chi connectivity index (χ4n) is 3.18. The Morgan fingerprint density at radius 3 is 1.91 bits per heavy atom. The third-order valence-electron chi connectivity index (χ3n) is 5.06. The number of carbonyl (C=O) groups is 5. The van der Waals surface area contributed by atoms with E-state index in [2.05, 4.69) is 16.0 Å². The smallest absolute Gasteiger partial charge is 0.326 e. The van der Waals surface area contributed by atoms with Crippen molar-refractivity contribution in [3.8, 4) is 0 Å². The van der Waals surface area contributed by atoms with Crippen molar-refractivity contribution in [1.29, 1.82) is 0 Å². The predicted octanol–water partition coefficient (Wildman–Crippen LogP) is -1.00. The second kappa shape index (κ2) is 14.7. The normalized spacial score (nSPS) is 14.3. The van der Waals surface area contributed by atoms with E-state index in [-0.39, 0.29) is 31.6 Å². The van der Waals surface area contributed by atoms with Gasteiger partial charge < -0.3 is 37.0 Å². The summed E-state index contributed by atoms with van der Waals surface area (Å²) < 4.78 is 0. The van der Waals surface area contributed by atoms with Crippen molar-refractivity contribution in [1.82, 2.24) is 16.0 Å². The molecule has 0 aliphatic heterocycles. The van der Waals surface area contributed by atoms with Crippen molar-refractivity contribution >= 4 is 29.7 Å². The Hall–Kier alpha value is -3.51. The molecule has 0 radical (unpaired) electrons. The second-order valence-electron chi connectivity index (χ2n) is 8.56. The minimum Gasteiger partial charge on any atom is -0.481 e. The maximum absolute atomic E-state index is 12.8. The summed E-state index contributed by atoms with van der Waals surface area (Å²) in [5.74, 6) is -4.87. The van der Waals surface area contributed by atoms with E-state index in [1.165, 1.54) is 0 Å². The summed E-state index contributed by atoms with van der Waals surface area (Å²) in [5.41, 5.74) is 6.37. The molecule has 4 unspecified atom stereocenters. The molecule has 4 atom stereocenters. The van der Waals surface area contributed by atoms with Crippen molar-refractivity contribution in [2.45, 2.75) is 63.7 Å². The van der Waals surface area contributed by atoms with Crippen LogP contribution in [0.3, 0.4) is 0 Å². The number of carbonyl (C=O) groups excluding carboxylic acids is 3. The van der Waals surface area contributed by atoms with Crippen LogP contribution in [-0.2, 0) is 30.4 Å². The molecule has 35 heavy (non-hydrogen) atoms. The Bertz CT molecular complexity index is 878. The van der Waals surface area contributed by atoms with Gasteiger partial charge in [-0.25, -0.2) is 4.79 Å². The summed E-state index contributed by atoms with van der Waals surface area (Å²) in [6, 6.07) is 3.59. The molecule has 0 aromatic heterocycles. The highest BCUT2D eigenvalue weighted by molar-refractivity contribution is 5.94. The Morgan fingerprint density at radius 1 is 0.857 bits per heavy atom. The average molecular weight is 495 g/mol. The van der Waals surface area contributed by atoms with Gasteiger partial charge in [0.2, 0.25) is 17.7 Å². The monoisotopic (exact) mass is 494 g/mol. The lowest BCUT2D eigenvalue weighted by molar-refractivity contribution is -0.142. The van der Waals surface area contributed by atoms with Crippen molar-refractivity contribution in [3.05, 3.63) is 35.9 Å². The minimum atomic E-state index is -1.47. The first-order chi connectivity index (χ1) is 16.4. The summed E-state index contributed by atoms with van der Waals surface area (Å²) in [7, 11) is 0. The number of rotatable bonds is 15. The number of hydrogen-bond acceptors (Lipinski definition) is 7. The van der Waals surface area contributed by atoms with Gasteiger partial charge in [0.15, 0.2) is 0 Å².